The van der Waals surface area contributed by atoms with E-state index in [1.165, 1.54) is 5.56 Å². The van der Waals surface area contributed by atoms with Crippen molar-refractivity contribution >= 4 is 34.2 Å². The maximum Gasteiger partial charge on any atom is 0.322 e. The van der Waals surface area contributed by atoms with Gasteiger partial charge in [-0.3, -0.25) is 4.79 Å². The van der Waals surface area contributed by atoms with Crippen LogP contribution in [-0.2, 0) is 17.7 Å². The van der Waals surface area contributed by atoms with Gasteiger partial charge in [0.05, 0.1) is 12.6 Å². The number of anilines is 1. The molecule has 2 heterocycles. The lowest BCUT2D eigenvalue weighted by molar-refractivity contribution is 0.0818. The van der Waals surface area contributed by atoms with Crippen LogP contribution in [0.25, 0.3) is 10.9 Å². The number of pyridine rings is 1. The fourth-order valence-corrected chi connectivity index (χ4v) is 3.96. The topological polar surface area (TPSA) is 74.4 Å². The van der Waals surface area contributed by atoms with Gasteiger partial charge in [-0.25, -0.2) is 4.79 Å². The lowest BCUT2D eigenvalue weighted by atomic mass is 10.1. The third-order valence-electron chi connectivity index (χ3n) is 5.59. The molecule has 6 nitrogen and oxygen atoms in total. The minimum absolute atomic E-state index is 0.0257. The maximum absolute atomic E-state index is 13.1. The molecule has 4 rings (SSSR count). The number of aromatic amines is 1. The third kappa shape index (κ3) is 5.27. The van der Waals surface area contributed by atoms with Crippen molar-refractivity contribution in [3.63, 3.8) is 0 Å². The van der Waals surface area contributed by atoms with Crippen molar-refractivity contribution in [2.75, 3.05) is 18.5 Å². The molecule has 1 saturated heterocycles. The second-order valence-corrected chi connectivity index (χ2v) is 8.29. The molecule has 0 spiro atoms. The number of benzene rings is 2. The van der Waals surface area contributed by atoms with Crippen LogP contribution in [-0.4, -0.2) is 35.2 Å². The summed E-state index contributed by atoms with van der Waals surface area (Å²) < 4.78 is 5.74. The first kappa shape index (κ1) is 21.4. The molecule has 0 aliphatic carbocycles. The predicted octanol–water partition coefficient (Wildman–Crippen LogP) is 4.96. The summed E-state index contributed by atoms with van der Waals surface area (Å²) in [4.78, 5) is 30.4. The Hall–Kier alpha value is -2.83. The van der Waals surface area contributed by atoms with E-state index in [0.717, 1.165) is 30.2 Å². The molecule has 2 aromatic carbocycles. The zero-order valence-corrected chi connectivity index (χ0v) is 18.2. The van der Waals surface area contributed by atoms with E-state index in [-0.39, 0.29) is 24.2 Å². The number of ether oxygens (including phenoxy) is 1. The van der Waals surface area contributed by atoms with Crippen LogP contribution in [0, 0.1) is 0 Å². The highest BCUT2D eigenvalue weighted by Crippen LogP contribution is 2.19. The van der Waals surface area contributed by atoms with E-state index in [0.29, 0.717) is 29.4 Å². The van der Waals surface area contributed by atoms with Crippen LogP contribution in [0.15, 0.2) is 53.3 Å². The Morgan fingerprint density at radius 1 is 1.23 bits per heavy atom. The lowest BCUT2D eigenvalue weighted by Crippen LogP contribution is -2.40. The van der Waals surface area contributed by atoms with Crippen molar-refractivity contribution in [2.24, 2.45) is 0 Å². The van der Waals surface area contributed by atoms with Gasteiger partial charge in [-0.05, 0) is 72.7 Å². The molecule has 1 atom stereocenters. The summed E-state index contributed by atoms with van der Waals surface area (Å²) in [5.41, 5.74) is 2.99. The number of hydrogen-bond acceptors (Lipinski definition) is 3. The lowest BCUT2D eigenvalue weighted by Gasteiger charge is -2.25. The highest BCUT2D eigenvalue weighted by Gasteiger charge is 2.24. The molecule has 0 unspecified atom stereocenters. The van der Waals surface area contributed by atoms with E-state index in [9.17, 15) is 9.59 Å². The van der Waals surface area contributed by atoms with E-state index in [1.807, 2.05) is 18.2 Å². The number of aryl methyl sites for hydroxylation is 1. The van der Waals surface area contributed by atoms with Crippen molar-refractivity contribution < 1.29 is 9.53 Å². The van der Waals surface area contributed by atoms with Gasteiger partial charge in [-0.15, -0.1) is 0 Å². The number of amides is 2. The van der Waals surface area contributed by atoms with E-state index in [2.05, 4.69) is 23.3 Å². The van der Waals surface area contributed by atoms with Crippen molar-refractivity contribution in [3.05, 3.63) is 75.0 Å². The number of H-pyrrole nitrogens is 1. The van der Waals surface area contributed by atoms with Crippen LogP contribution in [0.3, 0.4) is 0 Å². The minimum Gasteiger partial charge on any atom is -0.376 e. The van der Waals surface area contributed by atoms with Gasteiger partial charge >= 0.3 is 6.03 Å². The standard InChI is InChI=1S/C24H26ClN3O3/c1-2-16-5-10-22-17(12-16)13-18(23(29)27-22)14-28(15-21-4-3-11-31-21)24(30)26-20-8-6-19(25)7-9-20/h5-10,12-13,21H,2-4,11,14-15H2,1H3,(H,26,30)(H,27,29)/t21-/m0/s1. The predicted molar refractivity (Wildman–Crippen MR) is 124 cm³/mol. The fourth-order valence-electron chi connectivity index (χ4n) is 3.83. The Bertz CT molecular complexity index is 1120. The normalized spacial score (nSPS) is 15.9. The molecule has 0 bridgehead atoms. The van der Waals surface area contributed by atoms with Gasteiger partial charge in [0.25, 0.3) is 5.56 Å². The zero-order valence-electron chi connectivity index (χ0n) is 17.5. The number of nitrogens with zero attached hydrogens (tertiary/aromatic N) is 1. The number of hydrogen-bond donors (Lipinski definition) is 2. The summed E-state index contributed by atoms with van der Waals surface area (Å²) in [5, 5.41) is 4.46. The fraction of sp³-hybridized carbons (Fsp3) is 0.333. The molecule has 162 valence electrons. The quantitative estimate of drug-likeness (QED) is 0.570. The van der Waals surface area contributed by atoms with Gasteiger partial charge < -0.3 is 19.9 Å². The molecule has 3 aromatic rings. The molecule has 1 aliphatic heterocycles. The molecule has 1 aliphatic rings. The Kier molecular flexibility index (Phi) is 6.59. The average Bonchev–Trinajstić information content (AvgIpc) is 3.28. The second-order valence-electron chi connectivity index (χ2n) is 7.85. The van der Waals surface area contributed by atoms with Gasteiger partial charge in [0, 0.05) is 34.9 Å². The van der Waals surface area contributed by atoms with E-state index < -0.39 is 0 Å². The van der Waals surface area contributed by atoms with Crippen molar-refractivity contribution in [1.82, 2.24) is 9.88 Å². The molecule has 31 heavy (non-hydrogen) atoms. The Labute approximate surface area is 186 Å². The average molecular weight is 440 g/mol. The van der Waals surface area contributed by atoms with Gasteiger partial charge in [0.1, 0.15) is 0 Å². The SMILES string of the molecule is CCc1ccc2[nH]c(=O)c(CN(C[C@@H]3CCCO3)C(=O)Nc3ccc(Cl)cc3)cc2c1. The summed E-state index contributed by atoms with van der Waals surface area (Å²) in [6.07, 6.45) is 2.77. The van der Waals surface area contributed by atoms with Crippen molar-refractivity contribution in [1.29, 1.82) is 0 Å². The van der Waals surface area contributed by atoms with Gasteiger partial charge in [-0.2, -0.15) is 0 Å². The van der Waals surface area contributed by atoms with Crippen LogP contribution >= 0.6 is 11.6 Å². The molecule has 7 heteroatoms. The molecule has 2 N–H and O–H groups in total. The smallest absolute Gasteiger partial charge is 0.322 e. The molecular formula is C24H26ClN3O3. The van der Waals surface area contributed by atoms with Gasteiger partial charge in [0.15, 0.2) is 0 Å². The van der Waals surface area contributed by atoms with Gasteiger partial charge in [0.2, 0.25) is 0 Å². The summed E-state index contributed by atoms with van der Waals surface area (Å²) in [6, 6.07) is 14.6. The first-order valence-electron chi connectivity index (χ1n) is 10.6. The van der Waals surface area contributed by atoms with Gasteiger partial charge in [-0.1, -0.05) is 24.6 Å². The van der Waals surface area contributed by atoms with E-state index >= 15 is 0 Å². The molecule has 1 aromatic heterocycles. The number of nitrogens with one attached hydrogen (secondary N) is 2. The van der Waals surface area contributed by atoms with Crippen molar-refractivity contribution in [3.8, 4) is 0 Å². The maximum atomic E-state index is 13.1. The number of urea groups is 1. The molecule has 1 fully saturated rings. The van der Waals surface area contributed by atoms with Crippen LogP contribution in [0.2, 0.25) is 5.02 Å². The largest absolute Gasteiger partial charge is 0.376 e. The molecule has 2 amide bonds. The first-order valence-corrected chi connectivity index (χ1v) is 11.0. The number of rotatable bonds is 6. The van der Waals surface area contributed by atoms with Crippen molar-refractivity contribution in [2.45, 2.75) is 38.8 Å². The highest BCUT2D eigenvalue weighted by atomic mass is 35.5. The molecule has 0 radical (unpaired) electrons. The highest BCUT2D eigenvalue weighted by molar-refractivity contribution is 6.30. The van der Waals surface area contributed by atoms with E-state index in [4.69, 9.17) is 16.3 Å². The minimum atomic E-state index is -0.278. The number of halogens is 1. The summed E-state index contributed by atoms with van der Waals surface area (Å²) >= 11 is 5.94. The number of fused-ring (bicyclic) bond motifs is 1. The Morgan fingerprint density at radius 2 is 2.03 bits per heavy atom. The zero-order chi connectivity index (χ0) is 21.8. The number of carbonyl (C=O) groups is 1. The summed E-state index contributed by atoms with van der Waals surface area (Å²) in [6.45, 7) is 3.42. The Morgan fingerprint density at radius 3 is 2.74 bits per heavy atom. The third-order valence-corrected chi connectivity index (χ3v) is 5.84. The van der Waals surface area contributed by atoms with Crippen LogP contribution in [0.4, 0.5) is 10.5 Å². The summed E-state index contributed by atoms with van der Waals surface area (Å²) in [7, 11) is 0. The number of carbonyl (C=O) groups excluding carboxylic acids is 1. The van der Waals surface area contributed by atoms with Crippen LogP contribution in [0.1, 0.15) is 30.9 Å². The second kappa shape index (κ2) is 9.54. The van der Waals surface area contributed by atoms with Crippen LogP contribution in [0.5, 0.6) is 0 Å². The Balaban J connectivity index is 1.60. The monoisotopic (exact) mass is 439 g/mol. The van der Waals surface area contributed by atoms with E-state index in [1.54, 1.807) is 29.2 Å². The van der Waals surface area contributed by atoms with Crippen LogP contribution < -0.4 is 10.9 Å². The number of aromatic nitrogens is 1. The molecular weight excluding hydrogens is 414 g/mol. The first-order chi connectivity index (χ1) is 15.0. The molecule has 0 saturated carbocycles. The summed E-state index contributed by atoms with van der Waals surface area (Å²) in [5.74, 6) is 0.